The van der Waals surface area contributed by atoms with Gasteiger partial charge < -0.3 is 10.4 Å². The van der Waals surface area contributed by atoms with Crippen molar-refractivity contribution in [3.63, 3.8) is 0 Å². The Morgan fingerprint density at radius 3 is 2.85 bits per heavy atom. The first-order chi connectivity index (χ1) is 6.40. The number of aliphatic hydroxyl groups excluding tert-OH is 1. The number of rotatable bonds is 2. The van der Waals surface area contributed by atoms with Crippen LogP contribution in [-0.2, 0) is 0 Å². The van der Waals surface area contributed by atoms with Crippen LogP contribution < -0.4 is 5.32 Å². The average Bonchev–Trinajstić information content (AvgIpc) is 2.67. The van der Waals surface area contributed by atoms with Crippen molar-refractivity contribution in [1.82, 2.24) is 10.3 Å². The van der Waals surface area contributed by atoms with Gasteiger partial charge in [-0.25, -0.2) is 0 Å². The molecular weight excluding hydrogens is 164 g/mol. The lowest BCUT2D eigenvalue weighted by molar-refractivity contribution is 0.254. The van der Waals surface area contributed by atoms with E-state index >= 15 is 0 Å². The molecule has 0 aromatic carbocycles. The zero-order valence-corrected chi connectivity index (χ0v) is 7.48. The van der Waals surface area contributed by atoms with Crippen molar-refractivity contribution in [2.45, 2.75) is 18.4 Å². The van der Waals surface area contributed by atoms with Gasteiger partial charge >= 0.3 is 0 Å². The summed E-state index contributed by atoms with van der Waals surface area (Å²) < 4.78 is 0. The van der Waals surface area contributed by atoms with Crippen molar-refractivity contribution >= 4 is 0 Å². The molecule has 1 fully saturated rings. The third-order valence-electron chi connectivity index (χ3n) is 2.62. The number of hydrogen-bond donors (Lipinski definition) is 2. The molecule has 0 unspecified atom stereocenters. The molecular formula is C10H14N2O. The molecule has 0 amide bonds. The average molecular weight is 178 g/mol. The van der Waals surface area contributed by atoms with Crippen LogP contribution in [0.4, 0.5) is 0 Å². The van der Waals surface area contributed by atoms with Crippen LogP contribution in [0.2, 0.25) is 0 Å². The monoisotopic (exact) mass is 178 g/mol. The normalized spacial score (nSPS) is 27.8. The molecule has 1 aliphatic rings. The molecule has 1 saturated heterocycles. The first kappa shape index (κ1) is 8.66. The van der Waals surface area contributed by atoms with E-state index in [9.17, 15) is 0 Å². The van der Waals surface area contributed by atoms with Crippen LogP contribution in [0.5, 0.6) is 0 Å². The first-order valence-corrected chi connectivity index (χ1v) is 4.64. The highest BCUT2D eigenvalue weighted by atomic mass is 16.3. The summed E-state index contributed by atoms with van der Waals surface area (Å²) in [6.07, 6.45) is 4.67. The topological polar surface area (TPSA) is 45.2 Å². The summed E-state index contributed by atoms with van der Waals surface area (Å²) in [5.41, 5.74) is 1.32. The minimum atomic E-state index is 0.238. The highest BCUT2D eigenvalue weighted by molar-refractivity contribution is 5.18. The maximum Gasteiger partial charge on any atom is 0.0584 e. The summed E-state index contributed by atoms with van der Waals surface area (Å²) in [7, 11) is 0. The number of aromatic nitrogens is 1. The second-order valence-corrected chi connectivity index (χ2v) is 3.50. The molecule has 3 heteroatoms. The Morgan fingerprint density at radius 1 is 1.46 bits per heavy atom. The highest BCUT2D eigenvalue weighted by Gasteiger charge is 2.24. The molecule has 0 bridgehead atoms. The van der Waals surface area contributed by atoms with Crippen molar-refractivity contribution < 1.29 is 5.11 Å². The Balaban J connectivity index is 2.04. The molecule has 2 N–H and O–H groups in total. The van der Waals surface area contributed by atoms with E-state index in [1.54, 1.807) is 0 Å². The molecule has 2 heterocycles. The quantitative estimate of drug-likeness (QED) is 0.694. The van der Waals surface area contributed by atoms with E-state index in [1.165, 1.54) is 5.56 Å². The van der Waals surface area contributed by atoms with E-state index in [0.29, 0.717) is 5.92 Å². The lowest BCUT2D eigenvalue weighted by Crippen LogP contribution is -2.24. The van der Waals surface area contributed by atoms with Gasteiger partial charge in [0, 0.05) is 25.0 Å². The van der Waals surface area contributed by atoms with Gasteiger partial charge in [0.05, 0.1) is 6.61 Å². The van der Waals surface area contributed by atoms with Gasteiger partial charge in [-0.3, -0.25) is 4.98 Å². The predicted octanol–water partition coefficient (Wildman–Crippen LogP) is 0.519. The van der Waals surface area contributed by atoms with E-state index in [0.717, 1.165) is 13.0 Å². The Morgan fingerprint density at radius 2 is 2.23 bits per heavy atom. The molecule has 3 nitrogen and oxygen atoms in total. The molecule has 2 atom stereocenters. The zero-order valence-electron chi connectivity index (χ0n) is 7.48. The largest absolute Gasteiger partial charge is 0.395 e. The van der Waals surface area contributed by atoms with Crippen molar-refractivity contribution in [1.29, 1.82) is 0 Å². The number of hydrogen-bond acceptors (Lipinski definition) is 3. The van der Waals surface area contributed by atoms with Crippen molar-refractivity contribution in [3.05, 3.63) is 30.1 Å². The highest BCUT2D eigenvalue weighted by Crippen LogP contribution is 2.24. The lowest BCUT2D eigenvalue weighted by atomic mass is 9.98. The first-order valence-electron chi connectivity index (χ1n) is 4.64. The van der Waals surface area contributed by atoms with Crippen LogP contribution in [-0.4, -0.2) is 29.3 Å². The van der Waals surface area contributed by atoms with E-state index in [4.69, 9.17) is 5.11 Å². The molecule has 70 valence electrons. The molecule has 1 aromatic rings. The van der Waals surface area contributed by atoms with Gasteiger partial charge in [0.1, 0.15) is 0 Å². The minimum Gasteiger partial charge on any atom is -0.395 e. The molecule has 2 rings (SSSR count). The molecule has 0 saturated carbocycles. The predicted molar refractivity (Wildman–Crippen MR) is 50.5 cm³/mol. The van der Waals surface area contributed by atoms with Crippen molar-refractivity contribution in [2.75, 3.05) is 13.2 Å². The Hall–Kier alpha value is -0.930. The van der Waals surface area contributed by atoms with Gasteiger partial charge in [0.2, 0.25) is 0 Å². The van der Waals surface area contributed by atoms with Gasteiger partial charge in [-0.05, 0) is 30.0 Å². The van der Waals surface area contributed by atoms with Crippen LogP contribution >= 0.6 is 0 Å². The summed E-state index contributed by atoms with van der Waals surface area (Å²) in [5.74, 6) is 0.542. The SMILES string of the molecule is OC[C@@H]1C[C@H](c2ccncc2)CN1. The smallest absolute Gasteiger partial charge is 0.0584 e. The molecule has 0 aliphatic carbocycles. The summed E-state index contributed by atoms with van der Waals surface area (Å²) in [5, 5.41) is 12.2. The maximum absolute atomic E-state index is 8.96. The van der Waals surface area contributed by atoms with Crippen molar-refractivity contribution in [3.8, 4) is 0 Å². The summed E-state index contributed by atoms with van der Waals surface area (Å²) in [6.45, 7) is 1.21. The number of aliphatic hydroxyl groups is 1. The molecule has 0 spiro atoms. The number of nitrogens with zero attached hydrogens (tertiary/aromatic N) is 1. The van der Waals surface area contributed by atoms with Crippen LogP contribution in [0.15, 0.2) is 24.5 Å². The van der Waals surface area contributed by atoms with Crippen molar-refractivity contribution in [2.24, 2.45) is 0 Å². The third-order valence-corrected chi connectivity index (χ3v) is 2.62. The van der Waals surface area contributed by atoms with E-state index < -0.39 is 0 Å². The summed E-state index contributed by atoms with van der Waals surface area (Å²) in [6, 6.07) is 4.37. The fraction of sp³-hybridized carbons (Fsp3) is 0.500. The zero-order chi connectivity index (χ0) is 9.10. The van der Waals surface area contributed by atoms with Crippen LogP contribution in [0.1, 0.15) is 17.9 Å². The van der Waals surface area contributed by atoms with Crippen LogP contribution in [0.25, 0.3) is 0 Å². The van der Waals surface area contributed by atoms with Gasteiger partial charge in [0.25, 0.3) is 0 Å². The second-order valence-electron chi connectivity index (χ2n) is 3.50. The fourth-order valence-electron chi connectivity index (χ4n) is 1.85. The lowest BCUT2D eigenvalue weighted by Gasteiger charge is -2.07. The van der Waals surface area contributed by atoms with E-state index in [2.05, 4.69) is 10.3 Å². The van der Waals surface area contributed by atoms with Crippen LogP contribution in [0, 0.1) is 0 Å². The molecule has 13 heavy (non-hydrogen) atoms. The minimum absolute atomic E-state index is 0.238. The third kappa shape index (κ3) is 1.87. The molecule has 1 aliphatic heterocycles. The Labute approximate surface area is 77.8 Å². The Bertz CT molecular complexity index is 263. The summed E-state index contributed by atoms with van der Waals surface area (Å²) in [4.78, 5) is 3.99. The standard InChI is InChI=1S/C10H14N2O/c13-7-10-5-9(6-12-10)8-1-3-11-4-2-8/h1-4,9-10,12-13H,5-7H2/t9-,10-/m0/s1. The summed E-state index contributed by atoms with van der Waals surface area (Å²) >= 11 is 0. The van der Waals surface area contributed by atoms with E-state index in [1.807, 2.05) is 24.5 Å². The van der Waals surface area contributed by atoms with Gasteiger partial charge in [0.15, 0.2) is 0 Å². The molecule has 1 aromatic heterocycles. The Kier molecular flexibility index (Phi) is 2.57. The van der Waals surface area contributed by atoms with Gasteiger partial charge in [-0.15, -0.1) is 0 Å². The molecule has 0 radical (unpaired) electrons. The van der Waals surface area contributed by atoms with Gasteiger partial charge in [-0.1, -0.05) is 0 Å². The fourth-order valence-corrected chi connectivity index (χ4v) is 1.85. The maximum atomic E-state index is 8.96. The van der Waals surface area contributed by atoms with Crippen LogP contribution in [0.3, 0.4) is 0 Å². The number of nitrogens with one attached hydrogen (secondary N) is 1. The van der Waals surface area contributed by atoms with Gasteiger partial charge in [-0.2, -0.15) is 0 Å². The number of pyridine rings is 1. The van der Waals surface area contributed by atoms with E-state index in [-0.39, 0.29) is 12.6 Å². The second kappa shape index (κ2) is 3.85.